The summed E-state index contributed by atoms with van der Waals surface area (Å²) in [7, 11) is 0. The second-order valence-electron chi connectivity index (χ2n) is 19.8. The van der Waals surface area contributed by atoms with Crippen LogP contribution in [0.2, 0.25) is 5.02 Å². The summed E-state index contributed by atoms with van der Waals surface area (Å²) in [6.45, 7) is 17.0. The minimum absolute atomic E-state index is 0.0531. The third-order valence-corrected chi connectivity index (χ3v) is 15.9. The predicted octanol–water partition coefficient (Wildman–Crippen LogP) is 5.51. The lowest BCUT2D eigenvalue weighted by Gasteiger charge is -2.36. The van der Waals surface area contributed by atoms with E-state index in [-0.39, 0.29) is 44.5 Å². The summed E-state index contributed by atoms with van der Waals surface area (Å²) >= 11 is 9.50. The smallest absolute Gasteiger partial charge is 0.246 e. The molecule has 2 saturated heterocycles. The Hall–Kier alpha value is -5.41. The number of thiazole rings is 1. The number of aliphatic imine (C=N–C) groups is 1. The van der Waals surface area contributed by atoms with Gasteiger partial charge in [-0.1, -0.05) is 68.8 Å². The molecule has 20 heteroatoms. The summed E-state index contributed by atoms with van der Waals surface area (Å²) in [6, 6.07) is 12.5. The van der Waals surface area contributed by atoms with Gasteiger partial charge in [0.1, 0.15) is 35.6 Å². The topological polar surface area (TPSA) is 208 Å². The van der Waals surface area contributed by atoms with Gasteiger partial charge in [-0.3, -0.25) is 33.6 Å². The Labute approximate surface area is 427 Å². The molecule has 0 saturated carbocycles. The number of rotatable bonds is 15. The van der Waals surface area contributed by atoms with E-state index in [1.807, 2.05) is 105 Å². The number of benzene rings is 2. The largest absolute Gasteiger partial charge is 0.391 e. The molecule has 71 heavy (non-hydrogen) atoms. The Kier molecular flexibility index (Phi) is 15.9. The molecule has 378 valence electrons. The molecule has 4 N–H and O–H groups in total. The molecule has 0 radical (unpaired) electrons. The van der Waals surface area contributed by atoms with E-state index in [0.29, 0.717) is 37.0 Å². The fraction of sp³-hybridized carbons (Fsp3) is 0.490. The zero-order chi connectivity index (χ0) is 50.9. The highest BCUT2D eigenvalue weighted by Crippen LogP contribution is 2.40. The van der Waals surface area contributed by atoms with Crippen molar-refractivity contribution >= 4 is 63.6 Å². The van der Waals surface area contributed by atoms with Gasteiger partial charge < -0.3 is 35.4 Å². The number of carbonyl (C=O) groups excluding carboxylic acids is 4. The summed E-state index contributed by atoms with van der Waals surface area (Å²) in [6.07, 6.45) is -1.67. The molecule has 6 atom stereocenters. The second kappa shape index (κ2) is 21.7. The number of aliphatic hydroxyl groups excluding tert-OH is 2. The first kappa shape index (κ1) is 51.9. The molecule has 0 bridgehead atoms. The van der Waals surface area contributed by atoms with E-state index in [1.54, 1.807) is 22.7 Å². The van der Waals surface area contributed by atoms with Crippen molar-refractivity contribution in [1.29, 1.82) is 0 Å². The highest BCUT2D eigenvalue weighted by molar-refractivity contribution is 7.15. The van der Waals surface area contributed by atoms with Crippen molar-refractivity contribution < 1.29 is 34.1 Å². The molecule has 0 spiro atoms. The monoisotopic (exact) mass is 1030 g/mol. The SMILES string of the molecule is Cc1ncsc1-c1ccc([C@H](C)NC(=O)[C@@H]2C[C@@H](O)CN2C(=O)[C@@H](NC(=O)COC[C@H](O)CN2CCN(C(=O)C[C@@H]3N=C(c4ccc(Cl)cc4)c4c(sc(C)c4C)-n4c(C)nnc43)CC2)C(C)(C)C)cc1. The molecular weight excluding hydrogens is 964 g/mol. The number of aromatic nitrogens is 4. The lowest BCUT2D eigenvalue weighted by molar-refractivity contribution is -0.145. The van der Waals surface area contributed by atoms with Crippen LogP contribution in [0.5, 0.6) is 0 Å². The molecule has 3 aliphatic heterocycles. The number of thiophene rings is 1. The minimum Gasteiger partial charge on any atom is -0.391 e. The number of halogens is 1. The van der Waals surface area contributed by atoms with Gasteiger partial charge in [-0.25, -0.2) is 4.98 Å². The average Bonchev–Trinajstić information content (AvgIpc) is 4.10. The summed E-state index contributed by atoms with van der Waals surface area (Å²) in [5.74, 6) is -0.165. The first-order chi connectivity index (χ1) is 33.8. The zero-order valence-electron chi connectivity index (χ0n) is 41.4. The molecular formula is C51H63ClN10O7S2. The number of ether oxygens (including phenoxy) is 1. The van der Waals surface area contributed by atoms with Crippen LogP contribution in [0.4, 0.5) is 0 Å². The fourth-order valence-electron chi connectivity index (χ4n) is 9.46. The van der Waals surface area contributed by atoms with Crippen molar-refractivity contribution in [3.05, 3.63) is 104 Å². The number of hydrogen-bond acceptors (Lipinski definition) is 14. The van der Waals surface area contributed by atoms with E-state index in [0.717, 1.165) is 59.8 Å². The quantitative estimate of drug-likeness (QED) is 0.103. The lowest BCUT2D eigenvalue weighted by atomic mass is 9.85. The van der Waals surface area contributed by atoms with Crippen molar-refractivity contribution in [2.75, 3.05) is 52.5 Å². The summed E-state index contributed by atoms with van der Waals surface area (Å²) in [5.41, 5.74) is 7.71. The Balaban J connectivity index is 0.811. The maximum atomic E-state index is 14.2. The van der Waals surface area contributed by atoms with Crippen LogP contribution in [0.25, 0.3) is 15.4 Å². The van der Waals surface area contributed by atoms with Crippen LogP contribution in [0.3, 0.4) is 0 Å². The maximum absolute atomic E-state index is 14.2. The van der Waals surface area contributed by atoms with Gasteiger partial charge in [0.15, 0.2) is 5.82 Å². The van der Waals surface area contributed by atoms with E-state index >= 15 is 0 Å². The van der Waals surface area contributed by atoms with Gasteiger partial charge in [0.25, 0.3) is 0 Å². The first-order valence-electron chi connectivity index (χ1n) is 24.0. The first-order valence-corrected chi connectivity index (χ1v) is 26.1. The van der Waals surface area contributed by atoms with Gasteiger partial charge in [-0.05, 0) is 68.9 Å². The van der Waals surface area contributed by atoms with Crippen LogP contribution in [0.1, 0.15) is 97.1 Å². The van der Waals surface area contributed by atoms with Crippen LogP contribution in [0.15, 0.2) is 59.0 Å². The van der Waals surface area contributed by atoms with Gasteiger partial charge in [0, 0.05) is 66.7 Å². The van der Waals surface area contributed by atoms with Gasteiger partial charge >= 0.3 is 0 Å². The normalized spacial score (nSPS) is 19.6. The number of piperazine rings is 1. The Morgan fingerprint density at radius 3 is 2.30 bits per heavy atom. The number of nitrogens with zero attached hydrogens (tertiary/aromatic N) is 8. The second-order valence-corrected chi connectivity index (χ2v) is 22.3. The molecule has 3 aromatic heterocycles. The summed E-state index contributed by atoms with van der Waals surface area (Å²) < 4.78 is 7.69. The Bertz CT molecular complexity index is 2780. The van der Waals surface area contributed by atoms with Crippen LogP contribution in [-0.4, -0.2) is 151 Å². The van der Waals surface area contributed by atoms with E-state index in [4.69, 9.17) is 21.3 Å². The zero-order valence-corrected chi connectivity index (χ0v) is 43.8. The number of hydrogen-bond donors (Lipinski definition) is 4. The van der Waals surface area contributed by atoms with Crippen molar-refractivity contribution in [3.8, 4) is 15.4 Å². The summed E-state index contributed by atoms with van der Waals surface area (Å²) in [4.78, 5) is 72.2. The number of nitrogens with one attached hydrogen (secondary N) is 2. The van der Waals surface area contributed by atoms with Crippen molar-refractivity contribution in [2.24, 2.45) is 10.4 Å². The van der Waals surface area contributed by atoms with E-state index in [9.17, 15) is 29.4 Å². The van der Waals surface area contributed by atoms with Gasteiger partial charge in [0.05, 0.1) is 53.1 Å². The highest BCUT2D eigenvalue weighted by atomic mass is 35.5. The minimum atomic E-state index is -1.03. The molecule has 5 aromatic rings. The lowest BCUT2D eigenvalue weighted by Crippen LogP contribution is -2.58. The third-order valence-electron chi connectivity index (χ3n) is 13.5. The number of likely N-dealkylation sites (tertiary alicyclic amines) is 1. The number of aliphatic hydroxyl groups is 2. The van der Waals surface area contributed by atoms with Crippen molar-refractivity contribution in [2.45, 2.75) is 105 Å². The number of fused-ring (bicyclic) bond motifs is 3. The van der Waals surface area contributed by atoms with Gasteiger partial charge in [0.2, 0.25) is 23.6 Å². The van der Waals surface area contributed by atoms with Crippen LogP contribution in [-0.2, 0) is 23.9 Å². The Morgan fingerprint density at radius 1 is 0.944 bits per heavy atom. The molecule has 17 nitrogen and oxygen atoms in total. The molecule has 6 heterocycles. The molecule has 8 rings (SSSR count). The number of β-amino-alcohol motifs (C(OH)–C–C–N with tert-alkyl or cyclic N) is 2. The van der Waals surface area contributed by atoms with Crippen LogP contribution < -0.4 is 10.6 Å². The highest BCUT2D eigenvalue weighted by Gasteiger charge is 2.45. The standard InChI is InChI=1S/C51H63ClN10O7S2/c1-28-31(4)71-50-43(28)44(34-13-15-36(52)16-14-34)55-39(47-58-57-32(5)62(47)50)22-42(66)60-19-17-59(18-20-60)23-38(64)25-69-26-41(65)56-46(51(6,7)8)49(68)61-24-37(63)21-40(61)48(67)54-29(2)33-9-11-35(12-10-33)45-30(3)53-27-70-45/h9-16,27,29,37-40,46,63-64H,17-26H2,1-8H3,(H,54,67)(H,56,65)/t29-,37+,38+,39-,40-,46+/m0/s1. The van der Waals surface area contributed by atoms with E-state index in [2.05, 4.69) is 44.6 Å². The van der Waals surface area contributed by atoms with Crippen LogP contribution >= 0.6 is 34.3 Å². The molecule has 2 fully saturated rings. The third kappa shape index (κ3) is 11.6. The number of carbonyl (C=O) groups is 4. The predicted molar refractivity (Wildman–Crippen MR) is 274 cm³/mol. The number of amides is 4. The molecule has 0 unspecified atom stereocenters. The van der Waals surface area contributed by atoms with Crippen molar-refractivity contribution in [3.63, 3.8) is 0 Å². The fourth-order valence-corrected chi connectivity index (χ4v) is 11.6. The van der Waals surface area contributed by atoms with Gasteiger partial charge in [-0.2, -0.15) is 0 Å². The summed E-state index contributed by atoms with van der Waals surface area (Å²) in [5, 5.41) is 38.0. The van der Waals surface area contributed by atoms with E-state index in [1.165, 1.54) is 4.90 Å². The number of aryl methyl sites for hydroxylation is 3. The molecule has 3 aliphatic rings. The van der Waals surface area contributed by atoms with E-state index < -0.39 is 60.1 Å². The molecule has 0 aliphatic carbocycles. The van der Waals surface area contributed by atoms with Crippen molar-refractivity contribution in [1.82, 2.24) is 45.1 Å². The Morgan fingerprint density at radius 2 is 1.63 bits per heavy atom. The molecule has 2 aromatic carbocycles. The van der Waals surface area contributed by atoms with Crippen LogP contribution in [0, 0.1) is 33.1 Å². The maximum Gasteiger partial charge on any atom is 0.246 e. The average molecular weight is 1030 g/mol. The van der Waals surface area contributed by atoms with Gasteiger partial charge in [-0.15, -0.1) is 32.9 Å². The molecule has 4 amide bonds.